The summed E-state index contributed by atoms with van der Waals surface area (Å²) in [6, 6.07) is 18.9. The summed E-state index contributed by atoms with van der Waals surface area (Å²) < 4.78 is 0. The number of carbonyl (C=O) groups is 1. The second-order valence-corrected chi connectivity index (χ2v) is 8.17. The maximum atomic E-state index is 13.8. The molecule has 0 atom stereocenters. The van der Waals surface area contributed by atoms with Crippen LogP contribution in [0.25, 0.3) is 0 Å². The quantitative estimate of drug-likeness (QED) is 0.611. The second-order valence-electron chi connectivity index (χ2n) is 8.17. The fraction of sp³-hybridized carbons (Fsp3) is 0.320. The van der Waals surface area contributed by atoms with E-state index in [0.717, 1.165) is 31.5 Å². The normalized spacial score (nSPS) is 14.5. The van der Waals surface area contributed by atoms with Crippen molar-refractivity contribution in [1.82, 2.24) is 19.8 Å². The van der Waals surface area contributed by atoms with E-state index in [0.29, 0.717) is 6.54 Å². The number of hydrogen-bond donors (Lipinski definition) is 0. The molecular weight excluding hydrogens is 372 g/mol. The number of amides is 1. The monoisotopic (exact) mass is 400 g/mol. The summed E-state index contributed by atoms with van der Waals surface area (Å²) in [4.78, 5) is 26.4. The molecule has 1 aliphatic rings. The van der Waals surface area contributed by atoms with Gasteiger partial charge < -0.3 is 4.90 Å². The highest BCUT2D eigenvalue weighted by molar-refractivity contribution is 5.88. The van der Waals surface area contributed by atoms with E-state index in [1.807, 2.05) is 13.1 Å². The van der Waals surface area contributed by atoms with Crippen LogP contribution in [0.4, 0.5) is 0 Å². The third kappa shape index (κ3) is 4.12. The molecule has 0 spiro atoms. The first-order chi connectivity index (χ1) is 14.6. The molecule has 0 aliphatic heterocycles. The molecule has 30 heavy (non-hydrogen) atoms. The largest absolute Gasteiger partial charge is 0.338 e. The minimum Gasteiger partial charge on any atom is -0.338 e. The molecule has 1 aromatic heterocycles. The van der Waals surface area contributed by atoms with Gasteiger partial charge in [-0.25, -0.2) is 0 Å². The van der Waals surface area contributed by atoms with Crippen LogP contribution in [0.5, 0.6) is 0 Å². The van der Waals surface area contributed by atoms with Crippen LogP contribution in [0, 0.1) is 0 Å². The van der Waals surface area contributed by atoms with Gasteiger partial charge in [0.15, 0.2) is 0 Å². The van der Waals surface area contributed by atoms with E-state index in [4.69, 9.17) is 0 Å². The van der Waals surface area contributed by atoms with E-state index in [2.05, 4.69) is 70.4 Å². The summed E-state index contributed by atoms with van der Waals surface area (Å²) in [7, 11) is 3.95. The lowest BCUT2D eigenvalue weighted by atomic mass is 9.91. The third-order valence-corrected chi connectivity index (χ3v) is 6.15. The lowest BCUT2D eigenvalue weighted by molar-refractivity contribution is -0.142. The molecule has 1 amide bonds. The number of carbonyl (C=O) groups excluding carboxylic acids is 1. The Morgan fingerprint density at radius 2 is 1.63 bits per heavy atom. The highest BCUT2D eigenvalue weighted by atomic mass is 16.2. The molecule has 1 aliphatic carbocycles. The summed E-state index contributed by atoms with van der Waals surface area (Å²) in [5.41, 5.74) is 4.05. The lowest BCUT2D eigenvalue weighted by Gasteiger charge is -2.40. The standard InChI is InChI=1S/C25H28N4O/c1-28(19-23-18-26-13-14-27-23)24(30)25(16-21-10-6-7-11-22(21)17-25)29(2)15-12-20-8-4-3-5-9-20/h3-11,13-14,18H,12,15-17,19H2,1-2H3. The lowest BCUT2D eigenvalue weighted by Crippen LogP contribution is -2.59. The molecule has 4 rings (SSSR count). The van der Waals surface area contributed by atoms with Crippen LogP contribution in [0.2, 0.25) is 0 Å². The molecule has 0 radical (unpaired) electrons. The Morgan fingerprint density at radius 1 is 0.967 bits per heavy atom. The fourth-order valence-corrected chi connectivity index (χ4v) is 4.42. The van der Waals surface area contributed by atoms with Crippen molar-refractivity contribution in [1.29, 1.82) is 0 Å². The molecule has 5 heteroatoms. The summed E-state index contributed by atoms with van der Waals surface area (Å²) >= 11 is 0. The SMILES string of the molecule is CN(Cc1cnccn1)C(=O)C1(N(C)CCc2ccccc2)Cc2ccccc2C1. The Morgan fingerprint density at radius 3 is 2.27 bits per heavy atom. The predicted molar refractivity (Wildman–Crippen MR) is 118 cm³/mol. The minimum absolute atomic E-state index is 0.139. The number of fused-ring (bicyclic) bond motifs is 1. The van der Waals surface area contributed by atoms with E-state index in [1.165, 1.54) is 16.7 Å². The smallest absolute Gasteiger partial charge is 0.243 e. The van der Waals surface area contributed by atoms with Gasteiger partial charge in [0.1, 0.15) is 5.54 Å². The van der Waals surface area contributed by atoms with E-state index in [-0.39, 0.29) is 5.91 Å². The molecule has 0 bridgehead atoms. The van der Waals surface area contributed by atoms with Gasteiger partial charge in [0, 0.05) is 38.8 Å². The van der Waals surface area contributed by atoms with Gasteiger partial charge in [0.25, 0.3) is 0 Å². The van der Waals surface area contributed by atoms with Gasteiger partial charge in [0.05, 0.1) is 18.4 Å². The predicted octanol–water partition coefficient (Wildman–Crippen LogP) is 3.15. The Hall–Kier alpha value is -3.05. The topological polar surface area (TPSA) is 49.3 Å². The summed E-state index contributed by atoms with van der Waals surface area (Å²) in [5.74, 6) is 0.139. The van der Waals surface area contributed by atoms with Crippen LogP contribution in [0.3, 0.4) is 0 Å². The molecule has 1 heterocycles. The molecule has 3 aromatic rings. The van der Waals surface area contributed by atoms with Crippen molar-refractivity contribution in [2.45, 2.75) is 31.3 Å². The molecule has 0 saturated heterocycles. The highest BCUT2D eigenvalue weighted by Crippen LogP contribution is 2.36. The molecule has 0 saturated carbocycles. The van der Waals surface area contributed by atoms with Crippen molar-refractivity contribution in [2.24, 2.45) is 0 Å². The van der Waals surface area contributed by atoms with Gasteiger partial charge in [-0.05, 0) is 30.2 Å². The number of hydrogen-bond acceptors (Lipinski definition) is 4. The molecule has 5 nitrogen and oxygen atoms in total. The maximum Gasteiger partial charge on any atom is 0.243 e. The average Bonchev–Trinajstić information content (AvgIpc) is 3.19. The molecular formula is C25H28N4O. The van der Waals surface area contributed by atoms with Crippen molar-refractivity contribution < 1.29 is 4.79 Å². The van der Waals surface area contributed by atoms with Crippen LogP contribution < -0.4 is 0 Å². The van der Waals surface area contributed by atoms with Crippen LogP contribution in [-0.4, -0.2) is 51.9 Å². The molecule has 0 fully saturated rings. The second kappa shape index (κ2) is 8.76. The molecule has 0 unspecified atom stereocenters. The summed E-state index contributed by atoms with van der Waals surface area (Å²) in [6.07, 6.45) is 7.42. The zero-order chi connectivity index (χ0) is 21.0. The Balaban J connectivity index is 1.57. The van der Waals surface area contributed by atoms with E-state index < -0.39 is 5.54 Å². The number of benzene rings is 2. The average molecular weight is 401 g/mol. The van der Waals surface area contributed by atoms with Crippen molar-refractivity contribution in [3.63, 3.8) is 0 Å². The first kappa shape index (κ1) is 20.2. The molecule has 2 aromatic carbocycles. The minimum atomic E-state index is -0.574. The first-order valence-corrected chi connectivity index (χ1v) is 10.4. The zero-order valence-corrected chi connectivity index (χ0v) is 17.7. The van der Waals surface area contributed by atoms with Crippen molar-refractivity contribution >= 4 is 5.91 Å². The Labute approximate surface area is 178 Å². The van der Waals surface area contributed by atoms with Crippen LogP contribution in [-0.2, 0) is 30.6 Å². The van der Waals surface area contributed by atoms with Crippen molar-refractivity contribution in [2.75, 3.05) is 20.6 Å². The molecule has 154 valence electrons. The van der Waals surface area contributed by atoms with Crippen molar-refractivity contribution in [3.05, 3.63) is 95.6 Å². The number of nitrogens with zero attached hydrogens (tertiary/aromatic N) is 4. The van der Waals surface area contributed by atoms with E-state index >= 15 is 0 Å². The number of rotatable bonds is 7. The first-order valence-electron chi connectivity index (χ1n) is 10.4. The van der Waals surface area contributed by atoms with Gasteiger partial charge in [-0.2, -0.15) is 0 Å². The van der Waals surface area contributed by atoms with Gasteiger partial charge in [-0.15, -0.1) is 0 Å². The summed E-state index contributed by atoms with van der Waals surface area (Å²) in [5, 5.41) is 0. The van der Waals surface area contributed by atoms with Gasteiger partial charge in [-0.1, -0.05) is 54.6 Å². The number of aromatic nitrogens is 2. The van der Waals surface area contributed by atoms with Gasteiger partial charge >= 0.3 is 0 Å². The highest BCUT2D eigenvalue weighted by Gasteiger charge is 2.48. The summed E-state index contributed by atoms with van der Waals surface area (Å²) in [6.45, 7) is 1.28. The zero-order valence-electron chi connectivity index (χ0n) is 17.7. The van der Waals surface area contributed by atoms with Gasteiger partial charge in [-0.3, -0.25) is 19.7 Å². The van der Waals surface area contributed by atoms with Crippen LogP contribution >= 0.6 is 0 Å². The fourth-order valence-electron chi connectivity index (χ4n) is 4.42. The van der Waals surface area contributed by atoms with Gasteiger partial charge in [0.2, 0.25) is 5.91 Å². The maximum absolute atomic E-state index is 13.8. The van der Waals surface area contributed by atoms with Crippen LogP contribution in [0.1, 0.15) is 22.4 Å². The third-order valence-electron chi connectivity index (χ3n) is 6.15. The number of likely N-dealkylation sites (N-methyl/N-ethyl adjacent to an activating group) is 2. The molecule has 0 N–H and O–H groups in total. The van der Waals surface area contributed by atoms with E-state index in [1.54, 1.807) is 23.5 Å². The Bertz CT molecular complexity index is 965. The van der Waals surface area contributed by atoms with Crippen molar-refractivity contribution in [3.8, 4) is 0 Å². The van der Waals surface area contributed by atoms with E-state index in [9.17, 15) is 4.79 Å². The Kier molecular flexibility index (Phi) is 5.91. The van der Waals surface area contributed by atoms with Crippen LogP contribution in [0.15, 0.2) is 73.2 Å².